The van der Waals surface area contributed by atoms with Crippen LogP contribution < -0.4 is 10.1 Å². The zero-order valence-corrected chi connectivity index (χ0v) is 14.8. The van der Waals surface area contributed by atoms with Gasteiger partial charge in [-0.3, -0.25) is 14.5 Å². The van der Waals surface area contributed by atoms with Gasteiger partial charge in [0.2, 0.25) is 5.37 Å². The van der Waals surface area contributed by atoms with Crippen molar-refractivity contribution in [3.8, 4) is 5.75 Å². The van der Waals surface area contributed by atoms with Gasteiger partial charge < -0.3 is 25.2 Å². The molecule has 2 aliphatic rings. The van der Waals surface area contributed by atoms with Crippen LogP contribution in [-0.4, -0.2) is 60.2 Å². The second-order valence-corrected chi connectivity index (χ2v) is 7.19. The Labute approximate surface area is 156 Å². The number of β-lactam (4-membered cyclic amide) rings is 1. The molecular formula is C16H14N4O6S. The predicted octanol–water partition coefficient (Wildman–Crippen LogP) is -0.532. The van der Waals surface area contributed by atoms with E-state index < -0.39 is 46.1 Å². The Hall–Kier alpha value is -3.14. The summed E-state index contributed by atoms with van der Waals surface area (Å²) in [6, 6.07) is 7.32. The summed E-state index contributed by atoms with van der Waals surface area (Å²) in [5, 5.41) is 10.2. The molecule has 0 radical (unpaired) electrons. The van der Waals surface area contributed by atoms with Crippen LogP contribution in [0.25, 0.3) is 5.53 Å². The molecule has 1 aromatic rings. The topological polar surface area (TPSA) is 155 Å². The Balaban J connectivity index is 1.74. The minimum Gasteiger partial charge on any atom is -0.604 e. The first-order chi connectivity index (χ1) is 12.9. The fourth-order valence-electron chi connectivity index (χ4n) is 2.86. The molecule has 0 aromatic heterocycles. The molecular weight excluding hydrogens is 376 g/mol. The average Bonchev–Trinajstić information content (AvgIpc) is 2.65. The molecule has 1 saturated heterocycles. The van der Waals surface area contributed by atoms with Gasteiger partial charge in [-0.1, -0.05) is 18.2 Å². The van der Waals surface area contributed by atoms with Gasteiger partial charge in [0.05, 0.1) is 11.2 Å². The molecule has 3 atom stereocenters. The lowest BCUT2D eigenvalue weighted by molar-refractivity contribution is -0.151. The summed E-state index contributed by atoms with van der Waals surface area (Å²) in [4.78, 5) is 39.6. The number of aliphatic carboxylic acids is 1. The van der Waals surface area contributed by atoms with Gasteiger partial charge in [-0.15, -0.1) is 4.79 Å². The molecule has 2 unspecified atom stereocenters. The quantitative estimate of drug-likeness (QED) is 0.298. The van der Waals surface area contributed by atoms with E-state index >= 15 is 0 Å². The molecule has 27 heavy (non-hydrogen) atoms. The van der Waals surface area contributed by atoms with Gasteiger partial charge in [0, 0.05) is 0 Å². The van der Waals surface area contributed by atoms with Gasteiger partial charge in [0.1, 0.15) is 17.0 Å². The Morgan fingerprint density at radius 2 is 2.07 bits per heavy atom. The van der Waals surface area contributed by atoms with E-state index in [4.69, 9.17) is 10.3 Å². The number of amides is 2. The van der Waals surface area contributed by atoms with E-state index in [9.17, 15) is 24.0 Å². The van der Waals surface area contributed by atoms with Crippen molar-refractivity contribution in [2.24, 2.45) is 0 Å². The molecule has 1 aromatic carbocycles. The minimum absolute atomic E-state index is 0.0786. The van der Waals surface area contributed by atoms with Crippen LogP contribution in [0, 0.1) is 0 Å². The molecule has 0 saturated carbocycles. The van der Waals surface area contributed by atoms with Crippen LogP contribution in [0.5, 0.6) is 5.75 Å². The molecule has 1 fully saturated rings. The molecule has 10 nitrogen and oxygen atoms in total. The van der Waals surface area contributed by atoms with Crippen LogP contribution in [0.15, 0.2) is 41.6 Å². The zero-order chi connectivity index (χ0) is 19.7. The third-order valence-corrected chi connectivity index (χ3v) is 5.78. The predicted molar refractivity (Wildman–Crippen MR) is 91.6 cm³/mol. The number of rotatable bonds is 5. The first kappa shape index (κ1) is 18.6. The molecule has 3 rings (SSSR count). The summed E-state index contributed by atoms with van der Waals surface area (Å²) in [7, 11) is 0. The molecule has 140 valence electrons. The van der Waals surface area contributed by atoms with Crippen LogP contribution in [0.3, 0.4) is 0 Å². The van der Waals surface area contributed by atoms with Crippen molar-refractivity contribution in [2.45, 2.75) is 18.3 Å². The minimum atomic E-state index is -2.01. The van der Waals surface area contributed by atoms with Crippen molar-refractivity contribution in [3.63, 3.8) is 0 Å². The maximum atomic E-state index is 12.5. The first-order valence-corrected chi connectivity index (χ1v) is 8.95. The number of carboxylic acid groups (broad SMARTS) is 1. The standard InChI is InChI=1S/C16H14N4O6S/c1-8-12(16(23)24)20-14(22)11(15(20)27(25)13(8)19-17)18-10(21)7-26-9-5-3-2-4-6-9/h2-6,11,15H,7H2,1H3,(H,18,21)(H,23,24)/t11?,15-,27?/m1/s1. The van der Waals surface area contributed by atoms with E-state index in [0.29, 0.717) is 5.75 Å². The summed E-state index contributed by atoms with van der Waals surface area (Å²) < 4.78 is 17.8. The van der Waals surface area contributed by atoms with Crippen LogP contribution in [-0.2, 0) is 25.6 Å². The highest BCUT2D eigenvalue weighted by molar-refractivity contribution is 8.07. The number of carboxylic acids is 1. The third-order valence-electron chi connectivity index (χ3n) is 4.09. The van der Waals surface area contributed by atoms with Gasteiger partial charge >= 0.3 is 11.0 Å². The Morgan fingerprint density at radius 1 is 1.41 bits per heavy atom. The van der Waals surface area contributed by atoms with E-state index in [1.165, 1.54) is 6.92 Å². The number of nitrogens with one attached hydrogen (secondary N) is 1. The van der Waals surface area contributed by atoms with Gasteiger partial charge in [-0.25, -0.2) is 4.79 Å². The molecule has 11 heteroatoms. The maximum absolute atomic E-state index is 12.5. The summed E-state index contributed by atoms with van der Waals surface area (Å²) in [5.41, 5.74) is 8.55. The molecule has 2 amide bonds. The largest absolute Gasteiger partial charge is 0.604 e. The molecule has 0 bridgehead atoms. The van der Waals surface area contributed by atoms with E-state index in [2.05, 4.69) is 10.1 Å². The number of para-hydroxylation sites is 1. The fourth-order valence-corrected chi connectivity index (χ4v) is 4.40. The SMILES string of the molecule is CC1=C(C(=O)O)N2C(=O)C(NC(=O)COc3ccccc3)[C@H]2[S+]([O-])C1=[N+]=[N-]. The van der Waals surface area contributed by atoms with Crippen LogP contribution in [0.1, 0.15) is 6.92 Å². The Kier molecular flexibility index (Phi) is 5.00. The van der Waals surface area contributed by atoms with Crippen LogP contribution in [0.2, 0.25) is 0 Å². The van der Waals surface area contributed by atoms with Crippen LogP contribution >= 0.6 is 0 Å². The van der Waals surface area contributed by atoms with E-state index in [-0.39, 0.29) is 17.2 Å². The number of ether oxygens (including phenoxy) is 1. The Morgan fingerprint density at radius 3 is 2.67 bits per heavy atom. The second kappa shape index (κ2) is 7.23. The lowest BCUT2D eigenvalue weighted by Crippen LogP contribution is -2.75. The van der Waals surface area contributed by atoms with Crippen molar-refractivity contribution in [2.75, 3.05) is 6.61 Å². The number of carbonyl (C=O) groups excluding carboxylic acids is 2. The summed E-state index contributed by atoms with van der Waals surface area (Å²) in [5.74, 6) is -2.33. The lowest BCUT2D eigenvalue weighted by Gasteiger charge is -2.46. The van der Waals surface area contributed by atoms with Gasteiger partial charge in [-0.2, -0.15) is 0 Å². The normalized spacial score (nSPS) is 23.9. The number of hydrogen-bond donors (Lipinski definition) is 2. The van der Waals surface area contributed by atoms with Crippen molar-refractivity contribution >= 4 is 34.0 Å². The van der Waals surface area contributed by atoms with E-state index in [1.54, 1.807) is 30.3 Å². The van der Waals surface area contributed by atoms with Crippen molar-refractivity contribution in [1.82, 2.24) is 10.2 Å². The number of fused-ring (bicyclic) bond motifs is 1. The molecule has 2 N–H and O–H groups in total. The number of benzene rings is 1. The maximum Gasteiger partial charge on any atom is 0.490 e. The monoisotopic (exact) mass is 390 g/mol. The smallest absolute Gasteiger partial charge is 0.490 e. The van der Waals surface area contributed by atoms with Crippen LogP contribution in [0.4, 0.5) is 0 Å². The van der Waals surface area contributed by atoms with Crippen molar-refractivity contribution < 1.29 is 33.6 Å². The first-order valence-electron chi connectivity index (χ1n) is 7.74. The highest BCUT2D eigenvalue weighted by Gasteiger charge is 2.65. The number of carbonyl (C=O) groups is 3. The zero-order valence-electron chi connectivity index (χ0n) is 14.0. The highest BCUT2D eigenvalue weighted by Crippen LogP contribution is 2.37. The summed E-state index contributed by atoms with van der Waals surface area (Å²) in [6.45, 7) is 0.911. The van der Waals surface area contributed by atoms with Crippen molar-refractivity contribution in [1.29, 1.82) is 0 Å². The molecule has 0 spiro atoms. The molecule has 2 aliphatic heterocycles. The molecule has 2 heterocycles. The average molecular weight is 390 g/mol. The number of nitrogens with zero attached hydrogens (tertiary/aromatic N) is 3. The lowest BCUT2D eigenvalue weighted by atomic mass is 10.0. The van der Waals surface area contributed by atoms with E-state index in [0.717, 1.165) is 4.90 Å². The molecule has 0 aliphatic carbocycles. The van der Waals surface area contributed by atoms with Gasteiger partial charge in [-0.05, 0) is 19.1 Å². The Bertz CT molecular complexity index is 895. The van der Waals surface area contributed by atoms with Crippen molar-refractivity contribution in [3.05, 3.63) is 47.1 Å². The number of hydrogen-bond acceptors (Lipinski definition) is 5. The van der Waals surface area contributed by atoms with E-state index in [1.807, 2.05) is 0 Å². The third kappa shape index (κ3) is 3.19. The highest BCUT2D eigenvalue weighted by atomic mass is 32.2. The fraction of sp³-hybridized carbons (Fsp3) is 0.250. The van der Waals surface area contributed by atoms with Gasteiger partial charge in [0.15, 0.2) is 12.6 Å². The van der Waals surface area contributed by atoms with Gasteiger partial charge in [0.25, 0.3) is 11.8 Å². The summed E-state index contributed by atoms with van der Waals surface area (Å²) >= 11 is -2.01. The second-order valence-electron chi connectivity index (χ2n) is 5.73. The summed E-state index contributed by atoms with van der Waals surface area (Å²) in [6.07, 6.45) is 0.